The number of hydrogen-bond donors (Lipinski definition) is 1. The lowest BCUT2D eigenvalue weighted by atomic mass is 10.2. The van der Waals surface area contributed by atoms with E-state index in [2.05, 4.69) is 25.9 Å². The predicted molar refractivity (Wildman–Crippen MR) is 83.0 cm³/mol. The van der Waals surface area contributed by atoms with Gasteiger partial charge in [-0.2, -0.15) is 5.10 Å². The van der Waals surface area contributed by atoms with Crippen LogP contribution in [0.4, 0.5) is 0 Å². The highest BCUT2D eigenvalue weighted by Gasteiger charge is 2.10. The highest BCUT2D eigenvalue weighted by Crippen LogP contribution is 2.09. The number of aryl methyl sites for hydroxylation is 2. The average Bonchev–Trinajstić information content (AvgIpc) is 3.22. The third kappa shape index (κ3) is 3.25. The van der Waals surface area contributed by atoms with Crippen LogP contribution in [0.1, 0.15) is 28.7 Å². The summed E-state index contributed by atoms with van der Waals surface area (Å²) in [7, 11) is 0. The van der Waals surface area contributed by atoms with Gasteiger partial charge >= 0.3 is 0 Å². The molecular formula is C15H17N7O. The van der Waals surface area contributed by atoms with Gasteiger partial charge in [0.2, 0.25) is 0 Å². The van der Waals surface area contributed by atoms with Gasteiger partial charge in [-0.1, -0.05) is 6.07 Å². The number of benzene rings is 1. The molecule has 23 heavy (non-hydrogen) atoms. The fourth-order valence-corrected chi connectivity index (χ4v) is 2.36. The maximum absolute atomic E-state index is 12.3. The van der Waals surface area contributed by atoms with E-state index < -0.39 is 0 Å². The molecule has 8 heteroatoms. The van der Waals surface area contributed by atoms with E-state index in [9.17, 15) is 4.79 Å². The molecule has 1 amide bonds. The molecule has 0 aliphatic carbocycles. The molecule has 0 radical (unpaired) electrons. The number of carbonyl (C=O) groups is 1. The number of nitrogens with one attached hydrogen (secondary N) is 1. The van der Waals surface area contributed by atoms with Gasteiger partial charge in [0.05, 0.1) is 23.6 Å². The van der Waals surface area contributed by atoms with Gasteiger partial charge in [-0.25, -0.2) is 4.68 Å². The molecule has 0 aliphatic heterocycles. The van der Waals surface area contributed by atoms with Crippen LogP contribution in [0.3, 0.4) is 0 Å². The van der Waals surface area contributed by atoms with Crippen LogP contribution in [0, 0.1) is 6.92 Å². The van der Waals surface area contributed by atoms with E-state index in [1.165, 1.54) is 11.0 Å². The van der Waals surface area contributed by atoms with E-state index in [1.807, 2.05) is 30.7 Å². The Balaban J connectivity index is 1.72. The van der Waals surface area contributed by atoms with E-state index in [0.717, 1.165) is 23.6 Å². The van der Waals surface area contributed by atoms with Crippen LogP contribution < -0.4 is 5.32 Å². The highest BCUT2D eigenvalue weighted by molar-refractivity contribution is 5.94. The number of hydrogen-bond acceptors (Lipinski definition) is 5. The van der Waals surface area contributed by atoms with Gasteiger partial charge in [0, 0.05) is 12.1 Å². The van der Waals surface area contributed by atoms with Gasteiger partial charge in [0.25, 0.3) is 5.91 Å². The zero-order valence-electron chi connectivity index (χ0n) is 13.0. The van der Waals surface area contributed by atoms with Crippen molar-refractivity contribution in [1.29, 1.82) is 0 Å². The zero-order chi connectivity index (χ0) is 16.2. The normalized spacial score (nSPS) is 10.7. The maximum Gasteiger partial charge on any atom is 0.251 e. The predicted octanol–water partition coefficient (Wildman–Crippen LogP) is 1.12. The van der Waals surface area contributed by atoms with E-state index >= 15 is 0 Å². The Bertz CT molecular complexity index is 807. The molecule has 0 saturated carbocycles. The summed E-state index contributed by atoms with van der Waals surface area (Å²) < 4.78 is 3.39. The topological polar surface area (TPSA) is 90.5 Å². The highest BCUT2D eigenvalue weighted by atomic mass is 16.1. The summed E-state index contributed by atoms with van der Waals surface area (Å²) >= 11 is 0. The van der Waals surface area contributed by atoms with Crippen molar-refractivity contribution in [2.75, 3.05) is 0 Å². The standard InChI is InChI=1S/C15H17N7O/c1-3-21-14(7-11(2)18-21)9-16-15(23)12-5-4-6-13(8-12)22-10-17-19-20-22/h4-8,10H,3,9H2,1-2H3,(H,16,23). The Kier molecular flexibility index (Phi) is 4.13. The summed E-state index contributed by atoms with van der Waals surface area (Å²) in [5, 5.41) is 18.3. The Morgan fingerprint density at radius 2 is 2.17 bits per heavy atom. The quantitative estimate of drug-likeness (QED) is 0.762. The molecule has 1 N–H and O–H groups in total. The summed E-state index contributed by atoms with van der Waals surface area (Å²) in [5.74, 6) is -0.151. The second-order valence-electron chi connectivity index (χ2n) is 5.08. The number of amides is 1. The van der Waals surface area contributed by atoms with Gasteiger partial charge in [0.1, 0.15) is 6.33 Å². The van der Waals surface area contributed by atoms with Crippen molar-refractivity contribution in [2.24, 2.45) is 0 Å². The monoisotopic (exact) mass is 311 g/mol. The number of aromatic nitrogens is 6. The minimum atomic E-state index is -0.151. The molecule has 3 aromatic rings. The third-order valence-electron chi connectivity index (χ3n) is 3.44. The first-order valence-corrected chi connectivity index (χ1v) is 7.32. The molecule has 0 fully saturated rings. The molecule has 3 rings (SSSR count). The van der Waals surface area contributed by atoms with Crippen LogP contribution in [0.25, 0.3) is 5.69 Å². The van der Waals surface area contributed by atoms with Crippen LogP contribution in [0.2, 0.25) is 0 Å². The van der Waals surface area contributed by atoms with Gasteiger partial charge < -0.3 is 5.32 Å². The SMILES string of the molecule is CCn1nc(C)cc1CNC(=O)c1cccc(-n2cnnn2)c1. The summed E-state index contributed by atoms with van der Waals surface area (Å²) in [6, 6.07) is 9.11. The van der Waals surface area contributed by atoms with Crippen molar-refractivity contribution in [1.82, 2.24) is 35.3 Å². The zero-order valence-corrected chi connectivity index (χ0v) is 13.0. The van der Waals surface area contributed by atoms with Crippen LogP contribution in [-0.4, -0.2) is 35.9 Å². The smallest absolute Gasteiger partial charge is 0.251 e. The fraction of sp³-hybridized carbons (Fsp3) is 0.267. The number of rotatable bonds is 5. The van der Waals surface area contributed by atoms with Crippen molar-refractivity contribution >= 4 is 5.91 Å². The van der Waals surface area contributed by atoms with E-state index in [-0.39, 0.29) is 5.91 Å². The lowest BCUT2D eigenvalue weighted by Crippen LogP contribution is -2.24. The fourth-order valence-electron chi connectivity index (χ4n) is 2.36. The first-order chi connectivity index (χ1) is 11.2. The molecule has 0 unspecified atom stereocenters. The average molecular weight is 311 g/mol. The molecule has 2 heterocycles. The second kappa shape index (κ2) is 6.39. The molecule has 118 valence electrons. The summed E-state index contributed by atoms with van der Waals surface area (Å²) in [6.07, 6.45) is 1.49. The van der Waals surface area contributed by atoms with Crippen molar-refractivity contribution in [3.8, 4) is 5.69 Å². The third-order valence-corrected chi connectivity index (χ3v) is 3.44. The second-order valence-corrected chi connectivity index (χ2v) is 5.08. The van der Waals surface area contributed by atoms with Crippen molar-refractivity contribution in [2.45, 2.75) is 26.9 Å². The minimum Gasteiger partial charge on any atom is -0.346 e. The van der Waals surface area contributed by atoms with Crippen LogP contribution >= 0.6 is 0 Å². The molecule has 0 atom stereocenters. The molecule has 0 spiro atoms. The van der Waals surface area contributed by atoms with Gasteiger partial charge in [-0.15, -0.1) is 5.10 Å². The van der Waals surface area contributed by atoms with Crippen molar-refractivity contribution < 1.29 is 4.79 Å². The Labute approximate surface area is 133 Å². The van der Waals surface area contributed by atoms with E-state index in [1.54, 1.807) is 18.2 Å². The summed E-state index contributed by atoms with van der Waals surface area (Å²) in [5.41, 5.74) is 3.21. The summed E-state index contributed by atoms with van der Waals surface area (Å²) in [6.45, 7) is 5.16. The first kappa shape index (κ1) is 14.9. The van der Waals surface area contributed by atoms with Crippen molar-refractivity contribution in [3.63, 3.8) is 0 Å². The van der Waals surface area contributed by atoms with Gasteiger partial charge in [-0.3, -0.25) is 9.48 Å². The number of tetrazole rings is 1. The minimum absolute atomic E-state index is 0.151. The van der Waals surface area contributed by atoms with Crippen LogP contribution in [0.15, 0.2) is 36.7 Å². The van der Waals surface area contributed by atoms with Crippen LogP contribution in [-0.2, 0) is 13.1 Å². The van der Waals surface area contributed by atoms with Crippen LogP contribution in [0.5, 0.6) is 0 Å². The lowest BCUT2D eigenvalue weighted by molar-refractivity contribution is 0.0950. The number of nitrogens with zero attached hydrogens (tertiary/aromatic N) is 6. The Morgan fingerprint density at radius 1 is 1.30 bits per heavy atom. The molecule has 0 saturated heterocycles. The van der Waals surface area contributed by atoms with E-state index in [4.69, 9.17) is 0 Å². The largest absolute Gasteiger partial charge is 0.346 e. The molecule has 8 nitrogen and oxygen atoms in total. The van der Waals surface area contributed by atoms with Gasteiger partial charge in [-0.05, 0) is 48.5 Å². The molecule has 0 aliphatic rings. The number of carbonyl (C=O) groups excluding carboxylic acids is 1. The molecule has 2 aromatic heterocycles. The molecule has 0 bridgehead atoms. The Hall–Kier alpha value is -3.03. The van der Waals surface area contributed by atoms with Crippen molar-refractivity contribution in [3.05, 3.63) is 53.6 Å². The first-order valence-electron chi connectivity index (χ1n) is 7.32. The maximum atomic E-state index is 12.3. The van der Waals surface area contributed by atoms with Gasteiger partial charge in [0.15, 0.2) is 0 Å². The molecular weight excluding hydrogens is 294 g/mol. The lowest BCUT2D eigenvalue weighted by Gasteiger charge is -2.08. The van der Waals surface area contributed by atoms with E-state index in [0.29, 0.717) is 12.1 Å². The Morgan fingerprint density at radius 3 is 2.91 bits per heavy atom. The summed E-state index contributed by atoms with van der Waals surface area (Å²) in [4.78, 5) is 12.3. The molecule has 1 aromatic carbocycles.